The van der Waals surface area contributed by atoms with E-state index in [0.717, 1.165) is 10.5 Å². The molecule has 0 heterocycles. The van der Waals surface area contributed by atoms with E-state index in [4.69, 9.17) is 4.74 Å². The van der Waals surface area contributed by atoms with Crippen LogP contribution >= 0.6 is 11.8 Å². The van der Waals surface area contributed by atoms with Crippen molar-refractivity contribution in [1.29, 1.82) is 0 Å². The Morgan fingerprint density at radius 2 is 1.48 bits per heavy atom. The number of carbonyl (C=O) groups excluding carboxylic acids is 2. The highest BCUT2D eigenvalue weighted by molar-refractivity contribution is 8.00. The Bertz CT molecular complexity index is 949. The Labute approximate surface area is 173 Å². The molecule has 0 spiro atoms. The Morgan fingerprint density at radius 3 is 2.10 bits per heavy atom. The predicted molar refractivity (Wildman–Crippen MR) is 112 cm³/mol. The van der Waals surface area contributed by atoms with E-state index >= 15 is 0 Å². The zero-order chi connectivity index (χ0) is 20.6. The smallest absolute Gasteiger partial charge is 0.324 e. The third-order valence-electron chi connectivity index (χ3n) is 4.09. The molecule has 0 fully saturated rings. The molecule has 0 aliphatic heterocycles. The first kappa shape index (κ1) is 20.6. The summed E-state index contributed by atoms with van der Waals surface area (Å²) < 4.78 is 18.5. The van der Waals surface area contributed by atoms with Crippen molar-refractivity contribution in [3.63, 3.8) is 0 Å². The maximum atomic E-state index is 13.0. The Hall–Kier alpha value is -3.12. The minimum Gasteiger partial charge on any atom is -0.451 e. The largest absolute Gasteiger partial charge is 0.451 e. The number of halogens is 1. The number of anilines is 1. The summed E-state index contributed by atoms with van der Waals surface area (Å²) in [6.45, 7) is 1.51. The molecular formula is C23H20FNO3S. The molecule has 1 amide bonds. The van der Waals surface area contributed by atoms with Gasteiger partial charge < -0.3 is 10.1 Å². The van der Waals surface area contributed by atoms with E-state index < -0.39 is 29.0 Å². The van der Waals surface area contributed by atoms with Crippen molar-refractivity contribution >= 4 is 29.3 Å². The van der Waals surface area contributed by atoms with Crippen molar-refractivity contribution in [2.45, 2.75) is 23.2 Å². The van der Waals surface area contributed by atoms with Gasteiger partial charge in [-0.3, -0.25) is 9.59 Å². The van der Waals surface area contributed by atoms with Crippen molar-refractivity contribution in [1.82, 2.24) is 0 Å². The van der Waals surface area contributed by atoms with Gasteiger partial charge in [0.15, 0.2) is 6.10 Å². The van der Waals surface area contributed by atoms with Crippen LogP contribution in [0.15, 0.2) is 89.8 Å². The van der Waals surface area contributed by atoms with Crippen LogP contribution in [0, 0.1) is 5.82 Å². The van der Waals surface area contributed by atoms with E-state index in [9.17, 15) is 14.0 Å². The van der Waals surface area contributed by atoms with Gasteiger partial charge in [-0.1, -0.05) is 48.5 Å². The molecule has 0 aliphatic rings. The van der Waals surface area contributed by atoms with Gasteiger partial charge in [0.2, 0.25) is 0 Å². The second-order valence-electron chi connectivity index (χ2n) is 6.30. The van der Waals surface area contributed by atoms with Crippen molar-refractivity contribution in [3.8, 4) is 0 Å². The molecule has 6 heteroatoms. The molecule has 0 saturated heterocycles. The molecular weight excluding hydrogens is 389 g/mol. The van der Waals surface area contributed by atoms with Gasteiger partial charge in [-0.25, -0.2) is 4.39 Å². The molecule has 2 atom stereocenters. The Balaban J connectivity index is 1.70. The first-order chi connectivity index (χ1) is 14.0. The van der Waals surface area contributed by atoms with Gasteiger partial charge in [0.1, 0.15) is 11.1 Å². The highest BCUT2D eigenvalue weighted by Gasteiger charge is 2.27. The topological polar surface area (TPSA) is 55.4 Å². The summed E-state index contributed by atoms with van der Waals surface area (Å²) in [6, 6.07) is 24.2. The van der Waals surface area contributed by atoms with Crippen LogP contribution in [0.4, 0.5) is 10.1 Å². The quantitative estimate of drug-likeness (QED) is 0.429. The third kappa shape index (κ3) is 5.93. The summed E-state index contributed by atoms with van der Waals surface area (Å²) in [4.78, 5) is 26.2. The minimum absolute atomic E-state index is 0.397. The average molecular weight is 409 g/mol. The van der Waals surface area contributed by atoms with Crippen LogP contribution < -0.4 is 5.32 Å². The number of thioether (sulfide) groups is 1. The number of rotatable bonds is 7. The molecule has 0 aliphatic carbocycles. The van der Waals surface area contributed by atoms with E-state index in [-0.39, 0.29) is 0 Å². The Morgan fingerprint density at radius 1 is 0.897 bits per heavy atom. The van der Waals surface area contributed by atoms with E-state index in [0.29, 0.717) is 5.69 Å². The lowest BCUT2D eigenvalue weighted by molar-refractivity contribution is -0.152. The van der Waals surface area contributed by atoms with Crippen LogP contribution in [-0.2, 0) is 14.3 Å². The monoisotopic (exact) mass is 409 g/mol. The fourth-order valence-electron chi connectivity index (χ4n) is 2.58. The summed E-state index contributed by atoms with van der Waals surface area (Å²) in [5.74, 6) is -1.39. The maximum absolute atomic E-state index is 13.0. The van der Waals surface area contributed by atoms with Crippen LogP contribution in [0.2, 0.25) is 0 Å². The highest BCUT2D eigenvalue weighted by Crippen LogP contribution is 2.36. The molecule has 29 heavy (non-hydrogen) atoms. The molecule has 3 rings (SSSR count). The molecule has 3 aromatic carbocycles. The third-order valence-corrected chi connectivity index (χ3v) is 5.33. The molecule has 0 unspecified atom stereocenters. The standard InChI is InChI=1S/C23H20FNO3S/c1-16(22(26)25-19-14-12-18(24)13-15-19)28-23(27)21(17-8-4-2-5-9-17)29-20-10-6-3-7-11-20/h2-16,21H,1H3,(H,25,26)/t16-,21+/m1/s1. The van der Waals surface area contributed by atoms with Gasteiger partial charge in [0.25, 0.3) is 5.91 Å². The zero-order valence-electron chi connectivity index (χ0n) is 15.7. The molecule has 0 aromatic heterocycles. The van der Waals surface area contributed by atoms with E-state index in [1.165, 1.54) is 43.0 Å². The average Bonchev–Trinajstić information content (AvgIpc) is 2.75. The molecule has 1 N–H and O–H groups in total. The first-order valence-electron chi connectivity index (χ1n) is 9.06. The Kier molecular flexibility index (Phi) is 7.03. The zero-order valence-corrected chi connectivity index (χ0v) is 16.6. The first-order valence-corrected chi connectivity index (χ1v) is 9.94. The van der Waals surface area contributed by atoms with Crippen LogP contribution in [0.25, 0.3) is 0 Å². The number of ether oxygens (including phenoxy) is 1. The van der Waals surface area contributed by atoms with Gasteiger partial charge in [-0.2, -0.15) is 0 Å². The lowest BCUT2D eigenvalue weighted by Crippen LogP contribution is -2.31. The van der Waals surface area contributed by atoms with E-state index in [2.05, 4.69) is 5.32 Å². The summed E-state index contributed by atoms with van der Waals surface area (Å²) in [6.07, 6.45) is -1.00. The highest BCUT2D eigenvalue weighted by atomic mass is 32.2. The second kappa shape index (κ2) is 9.89. The van der Waals surface area contributed by atoms with Crippen molar-refractivity contribution in [2.75, 3.05) is 5.32 Å². The van der Waals surface area contributed by atoms with Gasteiger partial charge in [0, 0.05) is 10.6 Å². The second-order valence-corrected chi connectivity index (χ2v) is 7.48. The molecule has 148 valence electrons. The maximum Gasteiger partial charge on any atom is 0.324 e. The minimum atomic E-state index is -1.00. The van der Waals surface area contributed by atoms with Gasteiger partial charge >= 0.3 is 5.97 Å². The van der Waals surface area contributed by atoms with E-state index in [1.54, 1.807) is 0 Å². The number of benzene rings is 3. The van der Waals surface area contributed by atoms with Crippen LogP contribution in [-0.4, -0.2) is 18.0 Å². The number of hydrogen-bond acceptors (Lipinski definition) is 4. The van der Waals surface area contributed by atoms with E-state index in [1.807, 2.05) is 60.7 Å². The van der Waals surface area contributed by atoms with Crippen molar-refractivity contribution in [3.05, 3.63) is 96.3 Å². The van der Waals surface area contributed by atoms with Crippen LogP contribution in [0.3, 0.4) is 0 Å². The van der Waals surface area contributed by atoms with Gasteiger partial charge in [0.05, 0.1) is 0 Å². The number of esters is 1. The lowest BCUT2D eigenvalue weighted by atomic mass is 10.1. The number of nitrogens with one attached hydrogen (secondary N) is 1. The van der Waals surface area contributed by atoms with Crippen LogP contribution in [0.5, 0.6) is 0 Å². The number of carbonyl (C=O) groups is 2. The normalized spacial score (nSPS) is 12.6. The van der Waals surface area contributed by atoms with Crippen molar-refractivity contribution < 1.29 is 18.7 Å². The van der Waals surface area contributed by atoms with Crippen molar-refractivity contribution in [2.24, 2.45) is 0 Å². The number of hydrogen-bond donors (Lipinski definition) is 1. The fraction of sp³-hybridized carbons (Fsp3) is 0.130. The molecule has 3 aromatic rings. The van der Waals surface area contributed by atoms with Gasteiger partial charge in [-0.05, 0) is 48.9 Å². The van der Waals surface area contributed by atoms with Crippen LogP contribution in [0.1, 0.15) is 17.7 Å². The number of amides is 1. The molecule has 0 saturated carbocycles. The van der Waals surface area contributed by atoms with Gasteiger partial charge in [-0.15, -0.1) is 11.8 Å². The fourth-order valence-corrected chi connectivity index (χ4v) is 3.61. The summed E-state index contributed by atoms with van der Waals surface area (Å²) in [5.41, 5.74) is 1.22. The predicted octanol–water partition coefficient (Wildman–Crippen LogP) is 5.23. The lowest BCUT2D eigenvalue weighted by Gasteiger charge is -2.19. The molecule has 0 bridgehead atoms. The summed E-state index contributed by atoms with van der Waals surface area (Å²) in [5, 5.41) is 2.00. The molecule has 0 radical (unpaired) electrons. The summed E-state index contributed by atoms with van der Waals surface area (Å²) >= 11 is 1.36. The molecule has 4 nitrogen and oxygen atoms in total. The summed E-state index contributed by atoms with van der Waals surface area (Å²) in [7, 11) is 0. The SMILES string of the molecule is C[C@@H](OC(=O)[C@@H](Sc1ccccc1)c1ccccc1)C(=O)Nc1ccc(F)cc1.